The van der Waals surface area contributed by atoms with E-state index < -0.39 is 47.2 Å². The number of nitrogens with one attached hydrogen (secondary N) is 3. The fourth-order valence-electron chi connectivity index (χ4n) is 4.93. The fraction of sp³-hybridized carbons (Fsp3) is 0.808. The average Bonchev–Trinajstić information content (AvgIpc) is 3.25. The molecule has 0 radical (unpaired) electrons. The van der Waals surface area contributed by atoms with Crippen molar-refractivity contribution in [2.45, 2.75) is 111 Å². The van der Waals surface area contributed by atoms with Gasteiger partial charge in [0.25, 0.3) is 5.91 Å². The molecular weight excluding hydrogens is 462 g/mol. The van der Waals surface area contributed by atoms with Crippen LogP contribution in [0.25, 0.3) is 0 Å². The monoisotopic (exact) mass is 507 g/mol. The Balaban J connectivity index is 2.14. The minimum absolute atomic E-state index is 0.0265. The SMILES string of the molecule is CC[C@@H](NC(=O)N[C@H](C(=O)N1CCC[C@H]1C(=O)NC(CC1CCC1)C(=O)C(N)=O)C(C)(C)C)C(C)C. The van der Waals surface area contributed by atoms with Gasteiger partial charge in [-0.3, -0.25) is 19.2 Å². The van der Waals surface area contributed by atoms with Crippen LogP contribution < -0.4 is 21.7 Å². The predicted molar refractivity (Wildman–Crippen MR) is 137 cm³/mol. The second kappa shape index (κ2) is 12.5. The van der Waals surface area contributed by atoms with Crippen molar-refractivity contribution in [3.63, 3.8) is 0 Å². The van der Waals surface area contributed by atoms with Crippen molar-refractivity contribution in [3.05, 3.63) is 0 Å². The lowest BCUT2D eigenvalue weighted by Crippen LogP contribution is -2.60. The van der Waals surface area contributed by atoms with E-state index in [-0.39, 0.29) is 23.8 Å². The Bertz CT molecular complexity index is 833. The van der Waals surface area contributed by atoms with Crippen LogP contribution in [0.1, 0.15) is 86.5 Å². The lowest BCUT2D eigenvalue weighted by Gasteiger charge is -2.36. The number of likely N-dealkylation sites (tertiary alicyclic amines) is 1. The van der Waals surface area contributed by atoms with Gasteiger partial charge in [0.1, 0.15) is 12.1 Å². The van der Waals surface area contributed by atoms with Gasteiger partial charge in [0.05, 0.1) is 6.04 Å². The number of urea groups is 1. The van der Waals surface area contributed by atoms with Crippen molar-refractivity contribution < 1.29 is 24.0 Å². The molecule has 1 aliphatic carbocycles. The molecule has 204 valence electrons. The second-order valence-corrected chi connectivity index (χ2v) is 11.7. The van der Waals surface area contributed by atoms with Crippen LogP contribution in [0.2, 0.25) is 0 Å². The zero-order valence-electron chi connectivity index (χ0n) is 22.7. The summed E-state index contributed by atoms with van der Waals surface area (Å²) in [6, 6.07) is -3.07. The summed E-state index contributed by atoms with van der Waals surface area (Å²) in [5, 5.41) is 8.49. The molecule has 2 rings (SSSR count). The minimum atomic E-state index is -1.08. The van der Waals surface area contributed by atoms with Crippen molar-refractivity contribution in [2.75, 3.05) is 6.54 Å². The van der Waals surface area contributed by atoms with Crippen molar-refractivity contribution in [2.24, 2.45) is 23.0 Å². The summed E-state index contributed by atoms with van der Waals surface area (Å²) in [5.41, 5.74) is 4.62. The van der Waals surface area contributed by atoms with E-state index in [4.69, 9.17) is 5.73 Å². The van der Waals surface area contributed by atoms with Gasteiger partial charge in [-0.15, -0.1) is 0 Å². The summed E-state index contributed by atoms with van der Waals surface area (Å²) in [4.78, 5) is 65.1. The Morgan fingerprint density at radius 1 is 0.972 bits per heavy atom. The predicted octanol–water partition coefficient (Wildman–Crippen LogP) is 1.86. The molecule has 1 saturated carbocycles. The third kappa shape index (κ3) is 7.67. The molecule has 0 aromatic rings. The largest absolute Gasteiger partial charge is 0.363 e. The molecule has 10 nitrogen and oxygen atoms in total. The molecule has 0 bridgehead atoms. The lowest BCUT2D eigenvalue weighted by molar-refractivity contribution is -0.143. The van der Waals surface area contributed by atoms with Gasteiger partial charge in [0.15, 0.2) is 0 Å². The van der Waals surface area contributed by atoms with Gasteiger partial charge in [0, 0.05) is 12.6 Å². The summed E-state index contributed by atoms with van der Waals surface area (Å²) < 4.78 is 0. The molecule has 5 N–H and O–H groups in total. The maximum atomic E-state index is 13.7. The van der Waals surface area contributed by atoms with Crippen molar-refractivity contribution in [3.8, 4) is 0 Å². The number of ketones is 1. The normalized spacial score (nSPS) is 20.8. The average molecular weight is 508 g/mol. The van der Waals surface area contributed by atoms with E-state index in [9.17, 15) is 24.0 Å². The number of primary amides is 1. The van der Waals surface area contributed by atoms with Crippen LogP contribution in [0.15, 0.2) is 0 Å². The number of hydrogen-bond donors (Lipinski definition) is 4. The highest BCUT2D eigenvalue weighted by atomic mass is 16.2. The highest BCUT2D eigenvalue weighted by molar-refractivity contribution is 6.37. The summed E-state index contributed by atoms with van der Waals surface area (Å²) in [6.45, 7) is 12.0. The first-order valence-corrected chi connectivity index (χ1v) is 13.3. The maximum Gasteiger partial charge on any atom is 0.315 e. The van der Waals surface area contributed by atoms with E-state index in [0.29, 0.717) is 25.8 Å². The Morgan fingerprint density at radius 2 is 1.61 bits per heavy atom. The van der Waals surface area contributed by atoms with Crippen LogP contribution >= 0.6 is 0 Å². The van der Waals surface area contributed by atoms with Crippen molar-refractivity contribution in [1.29, 1.82) is 0 Å². The molecule has 2 aliphatic rings. The second-order valence-electron chi connectivity index (χ2n) is 11.7. The van der Waals surface area contributed by atoms with Crippen LogP contribution in [0, 0.1) is 17.3 Å². The molecule has 0 spiro atoms. The van der Waals surface area contributed by atoms with Gasteiger partial charge in [-0.25, -0.2) is 4.79 Å². The van der Waals surface area contributed by atoms with Crippen LogP contribution in [0.3, 0.4) is 0 Å². The van der Waals surface area contributed by atoms with Crippen LogP contribution in [-0.4, -0.2) is 65.1 Å². The van der Waals surface area contributed by atoms with Gasteiger partial charge in [0.2, 0.25) is 17.6 Å². The number of Topliss-reactive ketones (excluding diaryl/α,β-unsaturated/α-hetero) is 1. The smallest absolute Gasteiger partial charge is 0.315 e. The zero-order valence-corrected chi connectivity index (χ0v) is 22.7. The van der Waals surface area contributed by atoms with Gasteiger partial charge in [-0.2, -0.15) is 0 Å². The van der Waals surface area contributed by atoms with Crippen LogP contribution in [0.5, 0.6) is 0 Å². The molecule has 1 heterocycles. The Labute approximate surface area is 214 Å². The number of carbonyl (C=O) groups is 5. The molecule has 4 atom stereocenters. The molecule has 0 aromatic heterocycles. The number of carbonyl (C=O) groups excluding carboxylic acids is 5. The van der Waals surface area contributed by atoms with Gasteiger partial charge in [-0.1, -0.05) is 60.8 Å². The van der Waals surface area contributed by atoms with Crippen LogP contribution in [0.4, 0.5) is 4.79 Å². The van der Waals surface area contributed by atoms with E-state index >= 15 is 0 Å². The highest BCUT2D eigenvalue weighted by Crippen LogP contribution is 2.31. The molecule has 36 heavy (non-hydrogen) atoms. The summed E-state index contributed by atoms with van der Waals surface area (Å²) in [7, 11) is 0. The third-order valence-electron chi connectivity index (χ3n) is 7.46. The molecule has 5 amide bonds. The number of nitrogens with two attached hydrogens (primary N) is 1. The summed E-state index contributed by atoms with van der Waals surface area (Å²) in [6.07, 6.45) is 5.15. The first-order chi connectivity index (χ1) is 16.8. The topological polar surface area (TPSA) is 151 Å². The first-order valence-electron chi connectivity index (χ1n) is 13.3. The number of hydrogen-bond acceptors (Lipinski definition) is 5. The van der Waals surface area contributed by atoms with Crippen molar-refractivity contribution >= 4 is 29.5 Å². The van der Waals surface area contributed by atoms with Gasteiger partial charge < -0.3 is 26.6 Å². The Morgan fingerprint density at radius 3 is 2.08 bits per heavy atom. The van der Waals surface area contributed by atoms with Crippen molar-refractivity contribution in [1.82, 2.24) is 20.9 Å². The molecule has 1 aliphatic heterocycles. The summed E-state index contributed by atoms with van der Waals surface area (Å²) >= 11 is 0. The number of amides is 5. The highest BCUT2D eigenvalue weighted by Gasteiger charge is 2.43. The third-order valence-corrected chi connectivity index (χ3v) is 7.46. The van der Waals surface area contributed by atoms with Crippen LogP contribution in [-0.2, 0) is 19.2 Å². The molecule has 1 saturated heterocycles. The van der Waals surface area contributed by atoms with Gasteiger partial charge in [-0.05, 0) is 42.9 Å². The summed E-state index contributed by atoms with van der Waals surface area (Å²) in [5.74, 6) is -2.19. The Kier molecular flexibility index (Phi) is 10.3. The molecule has 0 aromatic carbocycles. The fourth-order valence-corrected chi connectivity index (χ4v) is 4.93. The zero-order chi connectivity index (χ0) is 27.2. The minimum Gasteiger partial charge on any atom is -0.363 e. The van der Waals surface area contributed by atoms with E-state index in [1.807, 2.05) is 41.5 Å². The number of rotatable bonds is 11. The van der Waals surface area contributed by atoms with Gasteiger partial charge >= 0.3 is 6.03 Å². The van der Waals surface area contributed by atoms with E-state index in [2.05, 4.69) is 16.0 Å². The maximum absolute atomic E-state index is 13.7. The number of nitrogens with zero attached hydrogens (tertiary/aromatic N) is 1. The quantitative estimate of drug-likeness (QED) is 0.315. The molecular formula is C26H45N5O5. The van der Waals surface area contributed by atoms with E-state index in [0.717, 1.165) is 25.7 Å². The lowest BCUT2D eigenvalue weighted by atomic mass is 9.80. The first kappa shape index (κ1) is 29.6. The molecule has 10 heteroatoms. The Hall–Kier alpha value is -2.65. The standard InChI is InChI=1S/C26H45N5O5/c1-7-17(15(2)3)29-25(36)30-21(26(4,5)6)24(35)31-13-9-12-19(31)23(34)28-18(20(32)22(27)33)14-16-10-8-11-16/h15-19,21H,7-14H2,1-6H3,(H2,27,33)(H,28,34)(H2,29,30,36)/t17-,18?,19+,21-/m1/s1. The van der Waals surface area contributed by atoms with E-state index in [1.165, 1.54) is 4.90 Å². The molecule has 2 fully saturated rings. The van der Waals surface area contributed by atoms with E-state index in [1.54, 1.807) is 0 Å². The molecule has 1 unspecified atom stereocenters.